The van der Waals surface area contributed by atoms with Crippen LogP contribution in [0.5, 0.6) is 0 Å². The van der Waals surface area contributed by atoms with E-state index in [-0.39, 0.29) is 11.5 Å². The molecule has 0 amide bonds. The maximum atomic E-state index is 10.4. The van der Waals surface area contributed by atoms with Gasteiger partial charge in [-0.2, -0.15) is 0 Å². The maximum absolute atomic E-state index is 10.4. The number of hydrogen-bond donors (Lipinski definition) is 2. The molecule has 0 aromatic carbocycles. The fraction of sp³-hybridized carbons (Fsp3) is 0.789. The van der Waals surface area contributed by atoms with Crippen molar-refractivity contribution in [3.63, 3.8) is 0 Å². The van der Waals surface area contributed by atoms with Crippen LogP contribution < -0.4 is 5.73 Å². The van der Waals surface area contributed by atoms with Gasteiger partial charge in [-0.25, -0.2) is 0 Å². The average Bonchev–Trinajstić information content (AvgIpc) is 2.76. The normalized spacial score (nSPS) is 55.4. The molecule has 0 aromatic heterocycles. The van der Waals surface area contributed by atoms with Gasteiger partial charge in [0, 0.05) is 11.1 Å². The molecule has 0 spiro atoms. The number of hydrogen-bond acceptors (Lipinski definition) is 2. The minimum Gasteiger partial charge on any atom is -0.402 e. The highest BCUT2D eigenvalue weighted by Gasteiger charge is 2.58. The predicted octanol–water partition coefficient (Wildman–Crippen LogP) is 3.62. The van der Waals surface area contributed by atoms with E-state index in [2.05, 4.69) is 32.1 Å². The number of allylic oxidation sites excluding steroid dienone is 3. The Hall–Kier alpha value is -0.760. The highest BCUT2D eigenvalue weighted by atomic mass is 16.3. The van der Waals surface area contributed by atoms with E-state index in [1.807, 2.05) is 0 Å². The van der Waals surface area contributed by atoms with E-state index >= 15 is 0 Å². The molecule has 4 rings (SSSR count). The Morgan fingerprint density at radius 2 is 1.90 bits per heavy atom. The van der Waals surface area contributed by atoms with Crippen molar-refractivity contribution in [2.45, 2.75) is 58.5 Å². The number of aliphatic hydroxyl groups is 1. The van der Waals surface area contributed by atoms with E-state index in [0.717, 1.165) is 24.0 Å². The van der Waals surface area contributed by atoms with Crippen molar-refractivity contribution in [2.75, 3.05) is 0 Å². The van der Waals surface area contributed by atoms with E-state index in [1.165, 1.54) is 32.1 Å². The molecule has 2 saturated carbocycles. The quantitative estimate of drug-likeness (QED) is 0.668. The molecule has 2 unspecified atom stereocenters. The first-order chi connectivity index (χ1) is 9.95. The average molecular weight is 287 g/mol. The molecule has 0 aromatic rings. The molecule has 3 N–H and O–H groups in total. The first-order valence-electron chi connectivity index (χ1n) is 8.78. The third-order valence-electron chi connectivity index (χ3n) is 7.78. The molecule has 0 heterocycles. The minimum absolute atomic E-state index is 0.105. The lowest BCUT2D eigenvalue weighted by Gasteiger charge is -2.59. The van der Waals surface area contributed by atoms with Gasteiger partial charge in [0.05, 0.1) is 6.10 Å². The second-order valence-corrected chi connectivity index (χ2v) is 8.60. The van der Waals surface area contributed by atoms with Crippen molar-refractivity contribution in [1.82, 2.24) is 0 Å². The third kappa shape index (κ3) is 1.75. The summed E-state index contributed by atoms with van der Waals surface area (Å²) in [5.41, 5.74) is 7.77. The van der Waals surface area contributed by atoms with Crippen LogP contribution in [-0.2, 0) is 0 Å². The van der Waals surface area contributed by atoms with E-state index in [4.69, 9.17) is 5.73 Å². The Labute approximate surface area is 128 Å². The van der Waals surface area contributed by atoms with E-state index in [1.54, 1.807) is 0 Å². The van der Waals surface area contributed by atoms with Crippen LogP contribution >= 0.6 is 0 Å². The molecular weight excluding hydrogens is 258 g/mol. The molecule has 0 aliphatic heterocycles. The highest BCUT2D eigenvalue weighted by molar-refractivity contribution is 5.21. The summed E-state index contributed by atoms with van der Waals surface area (Å²) < 4.78 is 0. The van der Waals surface area contributed by atoms with Crippen LogP contribution in [0.25, 0.3) is 0 Å². The van der Waals surface area contributed by atoms with Crippen LogP contribution in [0.15, 0.2) is 23.9 Å². The van der Waals surface area contributed by atoms with Crippen LogP contribution in [0.4, 0.5) is 0 Å². The van der Waals surface area contributed by atoms with Gasteiger partial charge >= 0.3 is 0 Å². The zero-order valence-electron chi connectivity index (χ0n) is 13.4. The molecule has 2 fully saturated rings. The lowest BCUT2D eigenvalue weighted by molar-refractivity contribution is -0.0971. The van der Waals surface area contributed by atoms with Gasteiger partial charge in [0.15, 0.2) is 0 Å². The van der Waals surface area contributed by atoms with Gasteiger partial charge in [0.1, 0.15) is 0 Å². The Bertz CT molecular complexity index is 510. The number of aliphatic hydroxyl groups excluding tert-OH is 1. The van der Waals surface area contributed by atoms with Gasteiger partial charge < -0.3 is 10.8 Å². The Morgan fingerprint density at radius 1 is 1.10 bits per heavy atom. The molecule has 2 heteroatoms. The Kier molecular flexibility index (Phi) is 2.89. The van der Waals surface area contributed by atoms with Crippen molar-refractivity contribution >= 4 is 0 Å². The van der Waals surface area contributed by atoms with E-state index in [0.29, 0.717) is 17.3 Å². The first kappa shape index (κ1) is 13.9. The molecular formula is C19H29NO. The standard InChI is InChI=1S/C19H29NO/c1-18-9-7-13(20)11-12(18)3-4-14-15-5-6-17(21)19(15,2)10-8-16(14)18/h5-6,11-12,14-17,21H,3-4,7-10,20H2,1-2H3/t12?,14-,15-,16+,17?,18-,19-/m0/s1. The molecule has 7 atom stereocenters. The van der Waals surface area contributed by atoms with Crippen LogP contribution in [0, 0.1) is 34.5 Å². The van der Waals surface area contributed by atoms with E-state index in [9.17, 15) is 5.11 Å². The van der Waals surface area contributed by atoms with Crippen LogP contribution in [0.2, 0.25) is 0 Å². The summed E-state index contributed by atoms with van der Waals surface area (Å²) in [6.07, 6.45) is 14.0. The second-order valence-electron chi connectivity index (χ2n) is 8.60. The van der Waals surface area contributed by atoms with Crippen LogP contribution in [-0.4, -0.2) is 11.2 Å². The van der Waals surface area contributed by atoms with Gasteiger partial charge in [-0.05, 0) is 67.6 Å². The van der Waals surface area contributed by atoms with Crippen molar-refractivity contribution in [1.29, 1.82) is 0 Å². The number of fused-ring (bicyclic) bond motifs is 5. The highest BCUT2D eigenvalue weighted by Crippen LogP contribution is 2.64. The summed E-state index contributed by atoms with van der Waals surface area (Å²) >= 11 is 0. The summed E-state index contributed by atoms with van der Waals surface area (Å²) in [6, 6.07) is 0. The monoisotopic (exact) mass is 287 g/mol. The molecule has 4 aliphatic rings. The SMILES string of the molecule is C[C@]12CCC(N)=CC1CC[C@@H]1[C@H]2CC[C@]2(C)C(O)C=C[C@@H]12. The van der Waals surface area contributed by atoms with Gasteiger partial charge in [-0.1, -0.05) is 32.1 Å². The molecule has 0 bridgehead atoms. The molecule has 21 heavy (non-hydrogen) atoms. The van der Waals surface area contributed by atoms with Crippen molar-refractivity contribution in [3.8, 4) is 0 Å². The zero-order chi connectivity index (χ0) is 14.8. The number of nitrogens with two attached hydrogens (primary N) is 1. The molecule has 4 aliphatic carbocycles. The van der Waals surface area contributed by atoms with Gasteiger partial charge in [0.25, 0.3) is 0 Å². The maximum Gasteiger partial charge on any atom is 0.0780 e. The molecule has 116 valence electrons. The summed E-state index contributed by atoms with van der Waals surface area (Å²) in [5.74, 6) is 2.86. The van der Waals surface area contributed by atoms with Crippen molar-refractivity contribution in [3.05, 3.63) is 23.9 Å². The lowest BCUT2D eigenvalue weighted by atomic mass is 9.46. The largest absolute Gasteiger partial charge is 0.402 e. The van der Waals surface area contributed by atoms with Crippen molar-refractivity contribution in [2.24, 2.45) is 40.2 Å². The molecule has 0 saturated heterocycles. The van der Waals surface area contributed by atoms with Gasteiger partial charge in [-0.15, -0.1) is 0 Å². The number of rotatable bonds is 0. The van der Waals surface area contributed by atoms with E-state index < -0.39 is 0 Å². The fourth-order valence-corrected chi connectivity index (χ4v) is 6.32. The smallest absolute Gasteiger partial charge is 0.0780 e. The van der Waals surface area contributed by atoms with Gasteiger partial charge in [-0.3, -0.25) is 0 Å². The van der Waals surface area contributed by atoms with Crippen LogP contribution in [0.3, 0.4) is 0 Å². The summed E-state index contributed by atoms with van der Waals surface area (Å²) in [5, 5.41) is 10.4. The summed E-state index contributed by atoms with van der Waals surface area (Å²) in [7, 11) is 0. The Balaban J connectivity index is 1.67. The predicted molar refractivity (Wildman–Crippen MR) is 85.3 cm³/mol. The topological polar surface area (TPSA) is 46.2 Å². The minimum atomic E-state index is -0.226. The van der Waals surface area contributed by atoms with Crippen LogP contribution in [0.1, 0.15) is 52.4 Å². The Morgan fingerprint density at radius 3 is 2.71 bits per heavy atom. The molecule has 2 nitrogen and oxygen atoms in total. The zero-order valence-corrected chi connectivity index (χ0v) is 13.4. The summed E-state index contributed by atoms with van der Waals surface area (Å²) in [4.78, 5) is 0. The third-order valence-corrected chi connectivity index (χ3v) is 7.78. The first-order valence-corrected chi connectivity index (χ1v) is 8.78. The fourth-order valence-electron chi connectivity index (χ4n) is 6.32. The lowest BCUT2D eigenvalue weighted by Crippen LogP contribution is -2.53. The second kappa shape index (κ2) is 4.38. The van der Waals surface area contributed by atoms with Crippen molar-refractivity contribution < 1.29 is 5.11 Å². The van der Waals surface area contributed by atoms with Gasteiger partial charge in [0.2, 0.25) is 0 Å². The summed E-state index contributed by atoms with van der Waals surface area (Å²) in [6.45, 7) is 4.83. The molecule has 0 radical (unpaired) electrons.